The Morgan fingerprint density at radius 1 is 1.19 bits per heavy atom. The number of fused-ring (bicyclic) bond motifs is 1. The number of aromatic nitrogens is 2. The van der Waals surface area contributed by atoms with E-state index in [1.54, 1.807) is 0 Å². The Labute approximate surface area is 157 Å². The summed E-state index contributed by atoms with van der Waals surface area (Å²) in [4.78, 5) is 3.56. The molecule has 0 saturated heterocycles. The van der Waals surface area contributed by atoms with Gasteiger partial charge in [0.15, 0.2) is 6.04 Å². The molecule has 0 aliphatic rings. The van der Waals surface area contributed by atoms with Gasteiger partial charge in [-0.2, -0.15) is 13.2 Å². The molecule has 0 saturated carbocycles. The number of nitrogens with zero attached hydrogens (tertiary/aromatic N) is 3. The average molecular weight is 420 g/mol. The molecule has 6 nitrogen and oxygen atoms in total. The van der Waals surface area contributed by atoms with E-state index >= 15 is 0 Å². The van der Waals surface area contributed by atoms with Crippen molar-refractivity contribution in [2.24, 2.45) is 0 Å². The van der Waals surface area contributed by atoms with Crippen molar-refractivity contribution >= 4 is 27.4 Å². The van der Waals surface area contributed by atoms with Crippen molar-refractivity contribution in [1.29, 1.82) is 0 Å². The van der Waals surface area contributed by atoms with Gasteiger partial charge in [-0.05, 0) is 41.6 Å². The number of imidazole rings is 1. The van der Waals surface area contributed by atoms with Gasteiger partial charge in [0, 0.05) is 18.6 Å². The fourth-order valence-electron chi connectivity index (χ4n) is 2.50. The van der Waals surface area contributed by atoms with Crippen LogP contribution in [-0.2, 0) is 10.0 Å². The second kappa shape index (κ2) is 7.02. The van der Waals surface area contributed by atoms with Gasteiger partial charge in [0.25, 0.3) is 10.0 Å². The Bertz CT molecular complexity index is 1050. The molecule has 27 heavy (non-hydrogen) atoms. The van der Waals surface area contributed by atoms with Crippen LogP contribution in [0, 0.1) is 0 Å². The predicted octanol–water partition coefficient (Wildman–Crippen LogP) is 3.79. The van der Waals surface area contributed by atoms with Crippen LogP contribution < -0.4 is 4.74 Å². The zero-order valence-electron chi connectivity index (χ0n) is 13.8. The molecule has 2 aromatic heterocycles. The van der Waals surface area contributed by atoms with Crippen molar-refractivity contribution < 1.29 is 26.3 Å². The summed E-state index contributed by atoms with van der Waals surface area (Å²) in [6, 6.07) is 4.75. The van der Waals surface area contributed by atoms with Crippen LogP contribution >= 0.6 is 11.8 Å². The first-order valence-electron chi connectivity index (χ1n) is 7.48. The minimum Gasteiger partial charge on any atom is -0.497 e. The molecule has 3 aromatic rings. The van der Waals surface area contributed by atoms with E-state index in [9.17, 15) is 21.6 Å². The highest BCUT2D eigenvalue weighted by molar-refractivity contribution is 7.90. The third-order valence-electron chi connectivity index (χ3n) is 3.83. The van der Waals surface area contributed by atoms with Crippen LogP contribution in [0.25, 0.3) is 5.65 Å². The number of sulfonamides is 1. The number of hydrogen-bond acceptors (Lipinski definition) is 4. The standard InChI is InChI=1S/C16H13ClF3N3O3S/c1-26-12-4-2-11(3-5-12)15(16(18,19)20)23(17)27(24,25)13-6-7-14-21-8-9-22(14)10-13/h2-10,15H,1H3/t15-/m1/s1. The van der Waals surface area contributed by atoms with E-state index in [4.69, 9.17) is 16.5 Å². The van der Waals surface area contributed by atoms with Gasteiger partial charge in [0.1, 0.15) is 16.3 Å². The van der Waals surface area contributed by atoms with E-state index < -0.39 is 27.1 Å². The molecule has 0 aliphatic carbocycles. The Hall–Kier alpha value is -2.30. The molecule has 2 heterocycles. The molecule has 1 atom stereocenters. The molecule has 1 aromatic carbocycles. The minimum absolute atomic E-state index is 0.201. The average Bonchev–Trinajstić information content (AvgIpc) is 3.09. The second-order valence-corrected chi connectivity index (χ2v) is 7.90. The predicted molar refractivity (Wildman–Crippen MR) is 91.9 cm³/mol. The first kappa shape index (κ1) is 19.5. The number of ether oxygens (including phenoxy) is 1. The van der Waals surface area contributed by atoms with Gasteiger partial charge in [-0.1, -0.05) is 16.0 Å². The first-order chi connectivity index (χ1) is 12.6. The van der Waals surface area contributed by atoms with Crippen LogP contribution in [0.2, 0.25) is 0 Å². The number of hydrogen-bond donors (Lipinski definition) is 0. The molecular formula is C16H13ClF3N3O3S. The van der Waals surface area contributed by atoms with Crippen molar-refractivity contribution in [2.75, 3.05) is 7.11 Å². The van der Waals surface area contributed by atoms with Gasteiger partial charge in [-0.3, -0.25) is 0 Å². The van der Waals surface area contributed by atoms with Crippen LogP contribution in [0.4, 0.5) is 13.2 Å². The highest BCUT2D eigenvalue weighted by Gasteiger charge is 2.49. The van der Waals surface area contributed by atoms with Crippen LogP contribution in [0.15, 0.2) is 59.9 Å². The number of pyridine rings is 1. The van der Waals surface area contributed by atoms with E-state index in [0.29, 0.717) is 11.4 Å². The Morgan fingerprint density at radius 2 is 1.85 bits per heavy atom. The molecule has 0 radical (unpaired) electrons. The van der Waals surface area contributed by atoms with Crippen molar-refractivity contribution in [3.63, 3.8) is 0 Å². The third kappa shape index (κ3) is 3.73. The molecule has 144 valence electrons. The lowest BCUT2D eigenvalue weighted by atomic mass is 10.1. The van der Waals surface area contributed by atoms with E-state index in [2.05, 4.69) is 4.98 Å². The first-order valence-corrected chi connectivity index (χ1v) is 9.26. The summed E-state index contributed by atoms with van der Waals surface area (Å²) in [6.07, 6.45) is -0.894. The van der Waals surface area contributed by atoms with E-state index in [-0.39, 0.29) is 9.39 Å². The maximum atomic E-state index is 13.7. The lowest BCUT2D eigenvalue weighted by Crippen LogP contribution is -2.36. The van der Waals surface area contributed by atoms with Crippen LogP contribution in [0.3, 0.4) is 0 Å². The number of rotatable bonds is 5. The molecule has 0 amide bonds. The van der Waals surface area contributed by atoms with E-state index in [1.165, 1.54) is 42.1 Å². The van der Waals surface area contributed by atoms with E-state index in [0.717, 1.165) is 24.4 Å². The normalized spacial score (nSPS) is 13.9. The fraction of sp³-hybridized carbons (Fsp3) is 0.188. The third-order valence-corrected chi connectivity index (χ3v) is 6.08. The smallest absolute Gasteiger partial charge is 0.410 e. The summed E-state index contributed by atoms with van der Waals surface area (Å²) in [6.45, 7) is 0. The molecular weight excluding hydrogens is 407 g/mol. The quantitative estimate of drug-likeness (QED) is 0.590. The van der Waals surface area contributed by atoms with Gasteiger partial charge in [0.2, 0.25) is 0 Å². The lowest BCUT2D eigenvalue weighted by Gasteiger charge is -2.27. The van der Waals surface area contributed by atoms with Crippen LogP contribution in [-0.4, -0.2) is 34.9 Å². The number of halogens is 4. The van der Waals surface area contributed by atoms with Gasteiger partial charge in [0.05, 0.1) is 7.11 Å². The lowest BCUT2D eigenvalue weighted by molar-refractivity contribution is -0.164. The summed E-state index contributed by atoms with van der Waals surface area (Å²) in [5.41, 5.74) is 0.100. The molecule has 0 unspecified atom stereocenters. The van der Waals surface area contributed by atoms with Crippen molar-refractivity contribution in [3.8, 4) is 5.75 Å². The Morgan fingerprint density at radius 3 is 2.44 bits per heavy atom. The van der Waals surface area contributed by atoms with Gasteiger partial charge in [-0.15, -0.1) is 0 Å². The minimum atomic E-state index is -4.94. The summed E-state index contributed by atoms with van der Waals surface area (Å²) >= 11 is 5.76. The van der Waals surface area contributed by atoms with Gasteiger partial charge >= 0.3 is 6.18 Å². The van der Waals surface area contributed by atoms with Gasteiger partial charge < -0.3 is 9.14 Å². The summed E-state index contributed by atoms with van der Waals surface area (Å²) < 4.78 is 72.5. The molecule has 0 aliphatic heterocycles. The molecule has 0 bridgehead atoms. The zero-order chi connectivity index (χ0) is 19.8. The molecule has 0 fully saturated rings. The number of benzene rings is 1. The van der Waals surface area contributed by atoms with Crippen LogP contribution in [0.1, 0.15) is 11.6 Å². The largest absolute Gasteiger partial charge is 0.497 e. The maximum absolute atomic E-state index is 13.7. The maximum Gasteiger partial charge on any atom is 0.410 e. The zero-order valence-corrected chi connectivity index (χ0v) is 15.3. The topological polar surface area (TPSA) is 63.9 Å². The highest BCUT2D eigenvalue weighted by atomic mass is 35.5. The molecule has 11 heteroatoms. The van der Waals surface area contributed by atoms with Gasteiger partial charge in [-0.25, -0.2) is 13.4 Å². The summed E-state index contributed by atoms with van der Waals surface area (Å²) in [5.74, 6) is 0.328. The Balaban J connectivity index is 2.05. The molecule has 0 N–H and O–H groups in total. The molecule has 0 spiro atoms. The highest BCUT2D eigenvalue weighted by Crippen LogP contribution is 2.42. The summed E-state index contributed by atoms with van der Waals surface area (Å²) in [5, 5.41) is 0. The second-order valence-electron chi connectivity index (χ2n) is 5.52. The Kier molecular flexibility index (Phi) is 5.06. The van der Waals surface area contributed by atoms with Crippen molar-refractivity contribution in [2.45, 2.75) is 17.1 Å². The SMILES string of the molecule is COc1ccc([C@@H](N(Cl)S(=O)(=O)c2ccc3nccn3c2)C(F)(F)F)cc1. The van der Waals surface area contributed by atoms with Crippen LogP contribution in [0.5, 0.6) is 5.75 Å². The number of methoxy groups -OCH3 is 1. The number of alkyl halides is 3. The van der Waals surface area contributed by atoms with Crippen molar-refractivity contribution in [1.82, 2.24) is 13.2 Å². The summed E-state index contributed by atoms with van der Waals surface area (Å²) in [7, 11) is -3.29. The monoisotopic (exact) mass is 419 g/mol. The van der Waals surface area contributed by atoms with E-state index in [1.807, 2.05) is 0 Å². The fourth-order valence-corrected chi connectivity index (χ4v) is 4.17. The molecule has 3 rings (SSSR count). The van der Waals surface area contributed by atoms with Crippen molar-refractivity contribution in [3.05, 3.63) is 60.6 Å².